The summed E-state index contributed by atoms with van der Waals surface area (Å²) in [5, 5.41) is 10.6. The number of nitro groups is 1. The maximum Gasteiger partial charge on any atom is 0.299 e. The second kappa shape index (κ2) is 3.65. The van der Waals surface area contributed by atoms with E-state index in [1.54, 1.807) is 13.8 Å². The third-order valence-electron chi connectivity index (χ3n) is 2.62. The molecule has 1 aliphatic heterocycles. The van der Waals surface area contributed by atoms with Crippen molar-refractivity contribution >= 4 is 23.1 Å². The molecule has 0 bridgehead atoms. The van der Waals surface area contributed by atoms with Crippen LogP contribution >= 0.6 is 0 Å². The molecule has 0 saturated heterocycles. The molecule has 0 atom stereocenters. The number of non-ortho nitro benzene ring substituents is 1. The van der Waals surface area contributed by atoms with Gasteiger partial charge in [-0.3, -0.25) is 19.7 Å². The van der Waals surface area contributed by atoms with Crippen LogP contribution in [-0.2, 0) is 4.79 Å². The fraction of sp³-hybridized carbons (Fsp3) is 0.273. The summed E-state index contributed by atoms with van der Waals surface area (Å²) in [5.74, 6) is -1.31. The number of nitro benzene ring substituents is 1. The molecule has 0 spiro atoms. The minimum Gasteiger partial charge on any atom is -0.302 e. The zero-order valence-corrected chi connectivity index (χ0v) is 9.34. The van der Waals surface area contributed by atoms with E-state index in [2.05, 4.69) is 0 Å². The summed E-state index contributed by atoms with van der Waals surface area (Å²) in [7, 11) is 0. The van der Waals surface area contributed by atoms with Gasteiger partial charge in [0.2, 0.25) is 0 Å². The van der Waals surface area contributed by atoms with Crippen LogP contribution in [0.1, 0.15) is 24.2 Å². The molecule has 6 heteroatoms. The summed E-state index contributed by atoms with van der Waals surface area (Å²) in [6, 6.07) is 3.73. The Morgan fingerprint density at radius 1 is 1.29 bits per heavy atom. The molecule has 6 nitrogen and oxygen atoms in total. The molecule has 88 valence electrons. The van der Waals surface area contributed by atoms with Crippen LogP contribution in [0.15, 0.2) is 18.2 Å². The molecule has 2 rings (SSSR count). The lowest BCUT2D eigenvalue weighted by molar-refractivity contribution is -0.384. The van der Waals surface area contributed by atoms with Gasteiger partial charge in [-0.15, -0.1) is 0 Å². The number of fused-ring (bicyclic) bond motifs is 1. The van der Waals surface area contributed by atoms with Crippen LogP contribution in [0.25, 0.3) is 0 Å². The van der Waals surface area contributed by atoms with Gasteiger partial charge >= 0.3 is 0 Å². The Bertz CT molecular complexity index is 536. The lowest BCUT2D eigenvalue weighted by atomic mass is 10.1. The summed E-state index contributed by atoms with van der Waals surface area (Å²) in [4.78, 5) is 34.7. The Hall–Kier alpha value is -2.24. The van der Waals surface area contributed by atoms with Crippen LogP contribution in [0.3, 0.4) is 0 Å². The van der Waals surface area contributed by atoms with Crippen molar-refractivity contribution in [2.45, 2.75) is 19.9 Å². The van der Waals surface area contributed by atoms with Crippen LogP contribution in [0.2, 0.25) is 0 Å². The Labute approximate surface area is 97.0 Å². The van der Waals surface area contributed by atoms with Gasteiger partial charge < -0.3 is 4.90 Å². The van der Waals surface area contributed by atoms with Crippen molar-refractivity contribution in [3.63, 3.8) is 0 Å². The average molecular weight is 234 g/mol. The van der Waals surface area contributed by atoms with Gasteiger partial charge in [-0.25, -0.2) is 0 Å². The highest BCUT2D eigenvalue weighted by Gasteiger charge is 2.38. The number of hydrogen-bond acceptors (Lipinski definition) is 4. The first-order valence-electron chi connectivity index (χ1n) is 5.10. The normalized spacial score (nSPS) is 14.4. The Morgan fingerprint density at radius 3 is 2.47 bits per heavy atom. The standard InChI is InChI=1S/C11H10N2O4/c1-6(2)12-9-4-3-7(13(16)17)5-8(9)10(14)11(12)15/h3-6H,1-2H3. The van der Waals surface area contributed by atoms with E-state index in [0.717, 1.165) is 6.07 Å². The van der Waals surface area contributed by atoms with Gasteiger partial charge in [0, 0.05) is 18.2 Å². The largest absolute Gasteiger partial charge is 0.302 e. The van der Waals surface area contributed by atoms with E-state index in [1.807, 2.05) is 0 Å². The number of Topliss-reactive ketones (excluding diaryl/α,β-unsaturated/α-hetero) is 1. The second-order valence-corrected chi connectivity index (χ2v) is 4.06. The third-order valence-corrected chi connectivity index (χ3v) is 2.62. The summed E-state index contributed by atoms with van der Waals surface area (Å²) in [6.45, 7) is 3.56. The predicted molar refractivity (Wildman–Crippen MR) is 60.0 cm³/mol. The van der Waals surface area contributed by atoms with Gasteiger partial charge in [-0.05, 0) is 19.9 Å². The minimum atomic E-state index is -0.683. The van der Waals surface area contributed by atoms with E-state index in [0.29, 0.717) is 5.69 Å². The summed E-state index contributed by atoms with van der Waals surface area (Å²) < 4.78 is 0. The van der Waals surface area contributed by atoms with Gasteiger partial charge in [0.1, 0.15) is 0 Å². The van der Waals surface area contributed by atoms with Gasteiger partial charge in [-0.2, -0.15) is 0 Å². The number of ketones is 1. The number of hydrogen-bond donors (Lipinski definition) is 0. The van der Waals surface area contributed by atoms with E-state index >= 15 is 0 Å². The quantitative estimate of drug-likeness (QED) is 0.441. The van der Waals surface area contributed by atoms with Crippen molar-refractivity contribution in [1.82, 2.24) is 0 Å². The average Bonchev–Trinajstić information content (AvgIpc) is 2.51. The molecule has 0 N–H and O–H groups in total. The maximum atomic E-state index is 11.7. The third kappa shape index (κ3) is 1.57. The molecule has 1 heterocycles. The molecule has 1 amide bonds. The van der Waals surface area contributed by atoms with Crippen molar-refractivity contribution < 1.29 is 14.5 Å². The first-order chi connectivity index (χ1) is 7.93. The number of carbonyl (C=O) groups excluding carboxylic acids is 2. The number of nitrogens with zero attached hydrogens (tertiary/aromatic N) is 2. The van der Waals surface area contributed by atoms with E-state index in [-0.39, 0.29) is 17.3 Å². The van der Waals surface area contributed by atoms with Crippen LogP contribution in [0.4, 0.5) is 11.4 Å². The highest BCUT2D eigenvalue weighted by molar-refractivity contribution is 6.52. The molecule has 0 unspecified atom stereocenters. The lowest BCUT2D eigenvalue weighted by Gasteiger charge is -2.20. The smallest absolute Gasteiger partial charge is 0.299 e. The monoisotopic (exact) mass is 234 g/mol. The maximum absolute atomic E-state index is 11.7. The van der Waals surface area contributed by atoms with Crippen molar-refractivity contribution in [3.8, 4) is 0 Å². The molecule has 0 radical (unpaired) electrons. The fourth-order valence-corrected chi connectivity index (χ4v) is 1.88. The first kappa shape index (κ1) is 11.3. The molecular formula is C11H10N2O4. The lowest BCUT2D eigenvalue weighted by Crippen LogP contribution is -2.35. The van der Waals surface area contributed by atoms with E-state index in [4.69, 9.17) is 0 Å². The summed E-state index contributed by atoms with van der Waals surface area (Å²) in [5.41, 5.74) is 0.369. The van der Waals surface area contributed by atoms with Crippen molar-refractivity contribution in [3.05, 3.63) is 33.9 Å². The van der Waals surface area contributed by atoms with E-state index in [9.17, 15) is 19.7 Å². The first-order valence-corrected chi connectivity index (χ1v) is 5.10. The number of carbonyl (C=O) groups is 2. The van der Waals surface area contributed by atoms with Crippen LogP contribution in [0, 0.1) is 10.1 Å². The van der Waals surface area contributed by atoms with Crippen LogP contribution in [0.5, 0.6) is 0 Å². The minimum absolute atomic E-state index is 0.109. The number of amides is 1. The van der Waals surface area contributed by atoms with Gasteiger partial charge in [-0.1, -0.05) is 0 Å². The fourth-order valence-electron chi connectivity index (χ4n) is 1.88. The number of benzene rings is 1. The highest BCUT2D eigenvalue weighted by atomic mass is 16.6. The van der Waals surface area contributed by atoms with Gasteiger partial charge in [0.05, 0.1) is 16.2 Å². The molecule has 0 aliphatic carbocycles. The van der Waals surface area contributed by atoms with Crippen molar-refractivity contribution in [2.24, 2.45) is 0 Å². The Kier molecular flexibility index (Phi) is 2.42. The molecule has 0 aromatic heterocycles. The van der Waals surface area contributed by atoms with Gasteiger partial charge in [0.15, 0.2) is 0 Å². The Morgan fingerprint density at radius 2 is 1.94 bits per heavy atom. The molecule has 1 aromatic carbocycles. The van der Waals surface area contributed by atoms with E-state index < -0.39 is 16.6 Å². The summed E-state index contributed by atoms with van der Waals surface area (Å²) >= 11 is 0. The molecular weight excluding hydrogens is 224 g/mol. The molecule has 1 aliphatic rings. The predicted octanol–water partition coefficient (Wildman–Crippen LogP) is 1.53. The highest BCUT2D eigenvalue weighted by Crippen LogP contribution is 2.33. The molecule has 0 fully saturated rings. The number of rotatable bonds is 2. The Balaban J connectivity index is 2.59. The zero-order valence-electron chi connectivity index (χ0n) is 9.34. The van der Waals surface area contributed by atoms with Crippen molar-refractivity contribution in [2.75, 3.05) is 4.90 Å². The SMILES string of the molecule is CC(C)N1C(=O)C(=O)c2cc([N+](=O)[O-])ccc21. The number of anilines is 1. The van der Waals surface area contributed by atoms with Crippen LogP contribution in [-0.4, -0.2) is 22.7 Å². The molecule has 17 heavy (non-hydrogen) atoms. The molecule has 0 saturated carbocycles. The zero-order chi connectivity index (χ0) is 12.7. The van der Waals surface area contributed by atoms with Crippen molar-refractivity contribution in [1.29, 1.82) is 0 Å². The second-order valence-electron chi connectivity index (χ2n) is 4.06. The van der Waals surface area contributed by atoms with E-state index in [1.165, 1.54) is 17.0 Å². The summed E-state index contributed by atoms with van der Waals surface area (Å²) in [6.07, 6.45) is 0. The molecule has 1 aromatic rings. The van der Waals surface area contributed by atoms with Gasteiger partial charge in [0.25, 0.3) is 17.4 Å². The van der Waals surface area contributed by atoms with Crippen LogP contribution < -0.4 is 4.90 Å². The topological polar surface area (TPSA) is 80.5 Å².